The van der Waals surface area contributed by atoms with E-state index in [2.05, 4.69) is 20.5 Å². The highest BCUT2D eigenvalue weighted by Gasteiger charge is 2.18. The summed E-state index contributed by atoms with van der Waals surface area (Å²) in [6.07, 6.45) is 1.65. The minimum absolute atomic E-state index is 0.146. The van der Waals surface area contributed by atoms with Gasteiger partial charge in [-0.05, 0) is 30.7 Å². The summed E-state index contributed by atoms with van der Waals surface area (Å²) in [5, 5.41) is 15.2. The number of hydrogen-bond acceptors (Lipinski definition) is 6. The fourth-order valence-corrected chi connectivity index (χ4v) is 4.14. The van der Waals surface area contributed by atoms with Gasteiger partial charge in [0.25, 0.3) is 0 Å². The van der Waals surface area contributed by atoms with Gasteiger partial charge in [0, 0.05) is 27.9 Å². The fraction of sp³-hybridized carbons (Fsp3) is 0.100. The van der Waals surface area contributed by atoms with Crippen LogP contribution in [0.15, 0.2) is 65.3 Å². The molecular formula is C20H16ClN5OS2. The van der Waals surface area contributed by atoms with Crippen LogP contribution in [0.1, 0.15) is 5.56 Å². The Hall–Kier alpha value is -2.68. The number of carbonyl (C=O) groups excluding carboxylic acids is 1. The van der Waals surface area contributed by atoms with Crippen molar-refractivity contribution in [3.63, 3.8) is 0 Å². The topological polar surface area (TPSA) is 72.7 Å². The third kappa shape index (κ3) is 4.50. The minimum Gasteiger partial charge on any atom is -0.301 e. The molecule has 0 atom stereocenters. The van der Waals surface area contributed by atoms with Crippen LogP contribution >= 0.6 is 34.7 Å². The average Bonchev–Trinajstić information content (AvgIpc) is 3.39. The van der Waals surface area contributed by atoms with E-state index in [-0.39, 0.29) is 11.7 Å². The number of anilines is 1. The summed E-state index contributed by atoms with van der Waals surface area (Å²) in [4.78, 5) is 16.3. The lowest BCUT2D eigenvalue weighted by molar-refractivity contribution is -0.113. The molecule has 0 bridgehead atoms. The van der Waals surface area contributed by atoms with E-state index in [0.29, 0.717) is 21.1 Å². The van der Waals surface area contributed by atoms with Gasteiger partial charge in [-0.1, -0.05) is 53.7 Å². The average molecular weight is 442 g/mol. The van der Waals surface area contributed by atoms with Crippen LogP contribution in [0.25, 0.3) is 17.1 Å². The van der Waals surface area contributed by atoms with Gasteiger partial charge in [0.15, 0.2) is 16.1 Å². The third-order valence-corrected chi connectivity index (χ3v) is 6.11. The predicted molar refractivity (Wildman–Crippen MR) is 118 cm³/mol. The molecule has 2 aromatic carbocycles. The second-order valence-corrected chi connectivity index (χ2v) is 8.36. The molecule has 0 unspecified atom stereocenters. The van der Waals surface area contributed by atoms with Crippen molar-refractivity contribution in [2.45, 2.75) is 12.1 Å². The Morgan fingerprint density at radius 1 is 1.21 bits per heavy atom. The molecule has 2 heterocycles. The van der Waals surface area contributed by atoms with Crippen molar-refractivity contribution in [2.75, 3.05) is 11.1 Å². The molecule has 0 radical (unpaired) electrons. The molecule has 0 saturated heterocycles. The zero-order valence-electron chi connectivity index (χ0n) is 15.4. The predicted octanol–water partition coefficient (Wildman–Crippen LogP) is 5.08. The van der Waals surface area contributed by atoms with E-state index < -0.39 is 0 Å². The number of halogens is 1. The van der Waals surface area contributed by atoms with E-state index in [0.717, 1.165) is 16.8 Å². The Bertz CT molecular complexity index is 1130. The first kappa shape index (κ1) is 19.6. The molecule has 0 spiro atoms. The van der Waals surface area contributed by atoms with Crippen LogP contribution < -0.4 is 5.32 Å². The van der Waals surface area contributed by atoms with Gasteiger partial charge in [0.05, 0.1) is 5.75 Å². The fourth-order valence-electron chi connectivity index (χ4n) is 2.66. The van der Waals surface area contributed by atoms with Crippen molar-refractivity contribution >= 4 is 45.7 Å². The van der Waals surface area contributed by atoms with Gasteiger partial charge >= 0.3 is 0 Å². The SMILES string of the molecule is Cc1ccc(-c2nnc(SCC(=O)Nc3nccs3)n2-c2ccccc2)cc1Cl. The first-order valence-electron chi connectivity index (χ1n) is 8.71. The molecule has 0 aliphatic carbocycles. The van der Waals surface area contributed by atoms with Gasteiger partial charge in [-0.25, -0.2) is 4.98 Å². The van der Waals surface area contributed by atoms with Crippen LogP contribution in [0.3, 0.4) is 0 Å². The van der Waals surface area contributed by atoms with Gasteiger partial charge in [0.1, 0.15) is 0 Å². The quantitative estimate of drug-likeness (QED) is 0.422. The maximum atomic E-state index is 12.3. The highest BCUT2D eigenvalue weighted by atomic mass is 35.5. The van der Waals surface area contributed by atoms with Crippen LogP contribution in [-0.2, 0) is 4.79 Å². The van der Waals surface area contributed by atoms with E-state index in [1.165, 1.54) is 23.1 Å². The van der Waals surface area contributed by atoms with Gasteiger partial charge in [-0.15, -0.1) is 21.5 Å². The second kappa shape index (κ2) is 8.77. The first-order chi connectivity index (χ1) is 14.1. The van der Waals surface area contributed by atoms with Crippen molar-refractivity contribution in [1.82, 2.24) is 19.7 Å². The van der Waals surface area contributed by atoms with E-state index in [9.17, 15) is 4.79 Å². The van der Waals surface area contributed by atoms with Gasteiger partial charge in [-0.2, -0.15) is 0 Å². The Morgan fingerprint density at radius 3 is 2.76 bits per heavy atom. The summed E-state index contributed by atoms with van der Waals surface area (Å²) >= 11 is 9.01. The summed E-state index contributed by atoms with van der Waals surface area (Å²) in [7, 11) is 0. The molecule has 6 nitrogen and oxygen atoms in total. The number of aryl methyl sites for hydroxylation is 1. The van der Waals surface area contributed by atoms with E-state index >= 15 is 0 Å². The van der Waals surface area contributed by atoms with Crippen molar-refractivity contribution in [3.8, 4) is 17.1 Å². The zero-order chi connectivity index (χ0) is 20.2. The number of benzene rings is 2. The molecule has 2 aromatic heterocycles. The number of nitrogens with zero attached hydrogens (tertiary/aromatic N) is 4. The molecule has 29 heavy (non-hydrogen) atoms. The Balaban J connectivity index is 1.64. The Kier molecular flexibility index (Phi) is 5.94. The van der Waals surface area contributed by atoms with E-state index in [1.807, 2.05) is 65.4 Å². The summed E-state index contributed by atoms with van der Waals surface area (Å²) in [6, 6.07) is 15.6. The molecule has 4 aromatic rings. The lowest BCUT2D eigenvalue weighted by atomic mass is 10.1. The van der Waals surface area contributed by atoms with E-state index in [4.69, 9.17) is 11.6 Å². The zero-order valence-corrected chi connectivity index (χ0v) is 17.8. The van der Waals surface area contributed by atoms with Gasteiger partial charge in [-0.3, -0.25) is 9.36 Å². The van der Waals surface area contributed by atoms with Gasteiger partial charge in [0.2, 0.25) is 5.91 Å². The number of hydrogen-bond donors (Lipinski definition) is 1. The number of thioether (sulfide) groups is 1. The lowest BCUT2D eigenvalue weighted by Gasteiger charge is -2.11. The molecule has 4 rings (SSSR count). The molecule has 0 fully saturated rings. The maximum Gasteiger partial charge on any atom is 0.236 e. The second-order valence-electron chi connectivity index (χ2n) is 6.12. The standard InChI is InChI=1S/C20H16ClN5OS2/c1-13-7-8-14(11-16(13)21)18-24-25-20(26(18)15-5-3-2-4-6-15)29-12-17(27)23-19-22-9-10-28-19/h2-11H,12H2,1H3,(H,22,23,27). The molecule has 146 valence electrons. The number of carbonyl (C=O) groups is 1. The highest BCUT2D eigenvalue weighted by molar-refractivity contribution is 7.99. The van der Waals surface area contributed by atoms with Crippen molar-refractivity contribution < 1.29 is 4.79 Å². The van der Waals surface area contributed by atoms with Crippen LogP contribution in [0.5, 0.6) is 0 Å². The van der Waals surface area contributed by atoms with Gasteiger partial charge < -0.3 is 5.32 Å². The molecule has 0 aliphatic heterocycles. The minimum atomic E-state index is -0.146. The molecule has 0 aliphatic rings. The monoisotopic (exact) mass is 441 g/mol. The number of rotatable bonds is 6. The molecule has 9 heteroatoms. The normalized spacial score (nSPS) is 10.8. The number of para-hydroxylation sites is 1. The summed E-state index contributed by atoms with van der Waals surface area (Å²) in [5.41, 5.74) is 2.76. The number of nitrogens with one attached hydrogen (secondary N) is 1. The highest BCUT2D eigenvalue weighted by Crippen LogP contribution is 2.30. The first-order valence-corrected chi connectivity index (χ1v) is 11.0. The third-order valence-electron chi connectivity index (χ3n) is 4.09. The lowest BCUT2D eigenvalue weighted by Crippen LogP contribution is -2.14. The number of aromatic nitrogens is 4. The number of amides is 1. The molecule has 0 saturated carbocycles. The molecule has 1 amide bonds. The summed E-state index contributed by atoms with van der Waals surface area (Å²) < 4.78 is 1.93. The van der Waals surface area contributed by atoms with Crippen molar-refractivity contribution in [2.24, 2.45) is 0 Å². The summed E-state index contributed by atoms with van der Waals surface area (Å²) in [6.45, 7) is 1.95. The van der Waals surface area contributed by atoms with Crippen LogP contribution in [0.2, 0.25) is 5.02 Å². The summed E-state index contributed by atoms with van der Waals surface area (Å²) in [5.74, 6) is 0.715. The van der Waals surface area contributed by atoms with Crippen LogP contribution in [0, 0.1) is 6.92 Å². The molecule has 1 N–H and O–H groups in total. The largest absolute Gasteiger partial charge is 0.301 e. The maximum absolute atomic E-state index is 12.3. The van der Waals surface area contributed by atoms with Crippen LogP contribution in [0.4, 0.5) is 5.13 Å². The van der Waals surface area contributed by atoms with Crippen molar-refractivity contribution in [1.29, 1.82) is 0 Å². The Morgan fingerprint density at radius 2 is 2.03 bits per heavy atom. The smallest absolute Gasteiger partial charge is 0.236 e. The molecular weight excluding hydrogens is 426 g/mol. The van der Waals surface area contributed by atoms with Crippen LogP contribution in [-0.4, -0.2) is 31.4 Å². The van der Waals surface area contributed by atoms with Crippen molar-refractivity contribution in [3.05, 3.63) is 70.7 Å². The van der Waals surface area contributed by atoms with E-state index in [1.54, 1.807) is 6.20 Å². The Labute approximate surface area is 181 Å². The number of thiazole rings is 1.